The maximum atomic E-state index is 12.7. The van der Waals surface area contributed by atoms with Crippen LogP contribution in [0.15, 0.2) is 48.5 Å². The van der Waals surface area contributed by atoms with Crippen LogP contribution in [0.1, 0.15) is 43.6 Å². The van der Waals surface area contributed by atoms with E-state index in [0.717, 1.165) is 44.8 Å². The summed E-state index contributed by atoms with van der Waals surface area (Å²) in [5.74, 6) is 0.985. The molecule has 0 aliphatic carbocycles. The van der Waals surface area contributed by atoms with Crippen LogP contribution in [-0.4, -0.2) is 43.0 Å². The predicted octanol–water partition coefficient (Wildman–Crippen LogP) is 6.93. The minimum atomic E-state index is -1.22. The molecule has 1 atom stereocenters. The largest absolute Gasteiger partial charge is 0.497 e. The highest BCUT2D eigenvalue weighted by molar-refractivity contribution is 7.98. The Hall–Kier alpha value is -3.16. The number of anilines is 1. The third-order valence-electron chi connectivity index (χ3n) is 6.38. The molecular formula is C30H35NO5S. The number of methoxy groups -OCH3 is 2. The second kappa shape index (κ2) is 10.7. The molecule has 0 unspecified atom stereocenters. The molecule has 1 aliphatic rings. The first-order valence-electron chi connectivity index (χ1n) is 12.2. The molecule has 1 heterocycles. The molecule has 0 bridgehead atoms. The lowest BCUT2D eigenvalue weighted by atomic mass is 9.85. The van der Waals surface area contributed by atoms with E-state index in [0.29, 0.717) is 23.7 Å². The number of carboxylic acids is 1. The highest BCUT2D eigenvalue weighted by atomic mass is 32.2. The summed E-state index contributed by atoms with van der Waals surface area (Å²) in [5.41, 5.74) is 6.74. The third-order valence-corrected chi connectivity index (χ3v) is 6.95. The molecule has 1 N–H and O–H groups in total. The molecule has 0 amide bonds. The fourth-order valence-electron chi connectivity index (χ4n) is 4.85. The average Bonchev–Trinajstić information content (AvgIpc) is 2.85. The van der Waals surface area contributed by atoms with Crippen molar-refractivity contribution in [1.29, 1.82) is 0 Å². The van der Waals surface area contributed by atoms with Gasteiger partial charge in [-0.3, -0.25) is 0 Å². The van der Waals surface area contributed by atoms with Gasteiger partial charge in [-0.05, 0) is 74.4 Å². The van der Waals surface area contributed by atoms with Crippen molar-refractivity contribution in [3.8, 4) is 33.8 Å². The summed E-state index contributed by atoms with van der Waals surface area (Å²) in [6.45, 7) is 8.28. The number of hydrogen-bond acceptors (Lipinski definition) is 6. The van der Waals surface area contributed by atoms with E-state index >= 15 is 0 Å². The van der Waals surface area contributed by atoms with Crippen LogP contribution < -0.4 is 14.4 Å². The monoisotopic (exact) mass is 521 g/mol. The first-order chi connectivity index (χ1) is 17.6. The number of hydrogen-bond donors (Lipinski definition) is 1. The van der Waals surface area contributed by atoms with Crippen LogP contribution in [-0.2, 0) is 16.1 Å². The van der Waals surface area contributed by atoms with Gasteiger partial charge in [-0.2, -0.15) is 0 Å². The topological polar surface area (TPSA) is 68.2 Å². The van der Waals surface area contributed by atoms with Gasteiger partial charge in [-0.1, -0.05) is 35.9 Å². The van der Waals surface area contributed by atoms with E-state index in [1.54, 1.807) is 26.0 Å². The Kier molecular flexibility index (Phi) is 7.76. The van der Waals surface area contributed by atoms with Crippen molar-refractivity contribution in [2.24, 2.45) is 0 Å². The Morgan fingerprint density at radius 2 is 1.73 bits per heavy atom. The van der Waals surface area contributed by atoms with Crippen LogP contribution in [0.4, 0.5) is 5.69 Å². The first-order valence-corrected chi connectivity index (χ1v) is 13.6. The number of fused-ring (bicyclic) bond motifs is 3. The standard InChI is InChI=1S/C30H35NO5S/c1-18-8-10-19(11-9-18)23-15-24-22-13-12-21(34-5)14-20(22)16-31(17-37-7)26(24)27(35-6)25(23)28(29(32)33)36-30(2,3)4/h8-15,28H,16-17H2,1-7H3,(H,32,33)/t28-/m0/s1. The summed E-state index contributed by atoms with van der Waals surface area (Å²) in [7, 11) is 3.28. The molecule has 1 aliphatic heterocycles. The number of rotatable bonds is 8. The van der Waals surface area contributed by atoms with Crippen molar-refractivity contribution in [3.05, 3.63) is 65.2 Å². The van der Waals surface area contributed by atoms with Gasteiger partial charge in [0.2, 0.25) is 0 Å². The zero-order valence-corrected chi connectivity index (χ0v) is 23.4. The van der Waals surface area contributed by atoms with E-state index in [1.165, 1.54) is 0 Å². The Bertz CT molecular complexity index is 1300. The van der Waals surface area contributed by atoms with Crippen LogP contribution in [0.5, 0.6) is 11.5 Å². The van der Waals surface area contributed by atoms with Crippen molar-refractivity contribution in [2.75, 3.05) is 31.3 Å². The van der Waals surface area contributed by atoms with E-state index in [1.807, 2.05) is 58.0 Å². The zero-order valence-electron chi connectivity index (χ0n) is 22.5. The number of ether oxygens (including phenoxy) is 3. The van der Waals surface area contributed by atoms with Crippen LogP contribution in [0.2, 0.25) is 0 Å². The number of thioether (sulfide) groups is 1. The summed E-state index contributed by atoms with van der Waals surface area (Å²) >= 11 is 1.70. The molecule has 0 fully saturated rings. The minimum absolute atomic E-state index is 0.524. The number of carbonyl (C=O) groups is 1. The highest BCUT2D eigenvalue weighted by Gasteiger charge is 2.37. The molecular weight excluding hydrogens is 486 g/mol. The van der Waals surface area contributed by atoms with Gasteiger partial charge in [-0.15, -0.1) is 11.8 Å². The Balaban J connectivity index is 2.11. The second-order valence-corrected chi connectivity index (χ2v) is 11.1. The van der Waals surface area contributed by atoms with Gasteiger partial charge >= 0.3 is 5.97 Å². The predicted molar refractivity (Wildman–Crippen MR) is 151 cm³/mol. The first kappa shape index (κ1) is 26.9. The summed E-state index contributed by atoms with van der Waals surface area (Å²) < 4.78 is 17.8. The lowest BCUT2D eigenvalue weighted by molar-refractivity contribution is -0.160. The lowest BCUT2D eigenvalue weighted by Gasteiger charge is -2.36. The van der Waals surface area contributed by atoms with Crippen LogP contribution >= 0.6 is 11.8 Å². The van der Waals surface area contributed by atoms with Gasteiger partial charge in [0.1, 0.15) is 11.5 Å². The van der Waals surface area contributed by atoms with Gasteiger partial charge in [0.25, 0.3) is 0 Å². The maximum absolute atomic E-state index is 12.7. The summed E-state index contributed by atoms with van der Waals surface area (Å²) in [5, 5.41) is 10.4. The normalized spacial score (nSPS) is 13.5. The zero-order chi connectivity index (χ0) is 26.9. The number of nitrogens with zero attached hydrogens (tertiary/aromatic N) is 1. The fraction of sp³-hybridized carbons (Fsp3) is 0.367. The molecule has 3 aromatic carbocycles. The Labute approximate surface area is 223 Å². The molecule has 0 aromatic heterocycles. The van der Waals surface area contributed by atoms with Crippen LogP contribution in [0.3, 0.4) is 0 Å². The maximum Gasteiger partial charge on any atom is 0.337 e. The lowest BCUT2D eigenvalue weighted by Crippen LogP contribution is -2.30. The van der Waals surface area contributed by atoms with Gasteiger partial charge in [0.15, 0.2) is 6.10 Å². The molecule has 4 rings (SSSR count). The molecule has 0 saturated heterocycles. The highest BCUT2D eigenvalue weighted by Crippen LogP contribution is 2.53. The van der Waals surface area contributed by atoms with Gasteiger partial charge in [0, 0.05) is 17.7 Å². The molecule has 3 aromatic rings. The molecule has 0 spiro atoms. The summed E-state index contributed by atoms with van der Waals surface area (Å²) in [6.07, 6.45) is 0.836. The van der Waals surface area contributed by atoms with E-state index in [9.17, 15) is 9.90 Å². The van der Waals surface area contributed by atoms with Gasteiger partial charge in [-0.25, -0.2) is 4.79 Å². The van der Waals surface area contributed by atoms with Crippen molar-refractivity contribution in [3.63, 3.8) is 0 Å². The van der Waals surface area contributed by atoms with E-state index in [2.05, 4.69) is 29.4 Å². The molecule has 196 valence electrons. The van der Waals surface area contributed by atoms with Gasteiger partial charge in [0.05, 0.1) is 31.4 Å². The number of benzene rings is 3. The van der Waals surface area contributed by atoms with Crippen LogP contribution in [0.25, 0.3) is 22.3 Å². The third kappa shape index (κ3) is 5.43. The van der Waals surface area contributed by atoms with E-state index < -0.39 is 17.7 Å². The number of aryl methyl sites for hydroxylation is 1. The average molecular weight is 522 g/mol. The van der Waals surface area contributed by atoms with Crippen molar-refractivity contribution in [2.45, 2.75) is 45.9 Å². The second-order valence-electron chi connectivity index (χ2n) is 10.2. The fourth-order valence-corrected chi connectivity index (χ4v) is 5.38. The molecule has 0 radical (unpaired) electrons. The van der Waals surface area contributed by atoms with Gasteiger partial charge < -0.3 is 24.2 Å². The minimum Gasteiger partial charge on any atom is -0.497 e. The van der Waals surface area contributed by atoms with Crippen molar-refractivity contribution in [1.82, 2.24) is 0 Å². The van der Waals surface area contributed by atoms with Crippen LogP contribution in [0, 0.1) is 6.92 Å². The van der Waals surface area contributed by atoms with Crippen molar-refractivity contribution < 1.29 is 24.1 Å². The molecule has 7 heteroatoms. The summed E-state index contributed by atoms with van der Waals surface area (Å²) in [4.78, 5) is 15.0. The number of aliphatic carboxylic acids is 1. The smallest absolute Gasteiger partial charge is 0.337 e. The Morgan fingerprint density at radius 1 is 1.03 bits per heavy atom. The molecule has 6 nitrogen and oxygen atoms in total. The molecule has 0 saturated carbocycles. The Morgan fingerprint density at radius 3 is 2.30 bits per heavy atom. The quantitative estimate of drug-likeness (QED) is 0.345. The van der Waals surface area contributed by atoms with E-state index in [-0.39, 0.29) is 0 Å². The summed E-state index contributed by atoms with van der Waals surface area (Å²) in [6, 6.07) is 16.3. The molecule has 37 heavy (non-hydrogen) atoms. The number of carboxylic acid groups (broad SMARTS) is 1. The van der Waals surface area contributed by atoms with E-state index in [4.69, 9.17) is 14.2 Å². The van der Waals surface area contributed by atoms with Crippen molar-refractivity contribution >= 4 is 23.4 Å². The SMILES string of the molecule is COc1ccc2c(c1)CN(CSC)c1c-2cc(-c2ccc(C)cc2)c([C@H](OC(C)(C)C)C(=O)O)c1OC.